The average Bonchev–Trinajstić information content (AvgIpc) is 2.98. The molecule has 1 amide bonds. The minimum atomic E-state index is -0.104. The van der Waals surface area contributed by atoms with Crippen LogP contribution in [0.5, 0.6) is 0 Å². The first-order valence-corrected chi connectivity index (χ1v) is 7.86. The number of amides is 1. The summed E-state index contributed by atoms with van der Waals surface area (Å²) in [5, 5.41) is 8.27. The number of hydrogen-bond donors (Lipinski definition) is 1. The predicted molar refractivity (Wildman–Crippen MR) is 94.2 cm³/mol. The summed E-state index contributed by atoms with van der Waals surface area (Å²) >= 11 is 0. The fourth-order valence-corrected chi connectivity index (χ4v) is 2.74. The number of nitrogens with one attached hydrogen (secondary N) is 1. The maximum atomic E-state index is 12.2. The normalized spacial score (nSPS) is 10.8. The minimum Gasteiger partial charge on any atom is -0.326 e. The quantitative estimate of drug-likeness (QED) is 0.731. The van der Waals surface area contributed by atoms with Crippen molar-refractivity contribution in [3.05, 3.63) is 59.8 Å². The lowest BCUT2D eigenvalue weighted by molar-refractivity contribution is -0.116. The third kappa shape index (κ3) is 3.35. The van der Waals surface area contributed by atoms with Gasteiger partial charge in [-0.1, -0.05) is 30.3 Å². The SMILES string of the molecule is CC(=O)c1cccc(NC(=O)CCn2ncc3cccc(C)c32)c1. The van der Waals surface area contributed by atoms with Gasteiger partial charge >= 0.3 is 0 Å². The third-order valence-corrected chi connectivity index (χ3v) is 3.97. The van der Waals surface area contributed by atoms with Crippen LogP contribution in [-0.2, 0) is 11.3 Å². The van der Waals surface area contributed by atoms with Crippen molar-refractivity contribution < 1.29 is 9.59 Å². The van der Waals surface area contributed by atoms with Crippen molar-refractivity contribution in [2.24, 2.45) is 0 Å². The van der Waals surface area contributed by atoms with Gasteiger partial charge in [-0.15, -0.1) is 0 Å². The van der Waals surface area contributed by atoms with Crippen molar-refractivity contribution in [1.29, 1.82) is 0 Å². The number of aryl methyl sites for hydroxylation is 2. The zero-order valence-corrected chi connectivity index (χ0v) is 13.7. The average molecular weight is 321 g/mol. The Balaban J connectivity index is 1.67. The van der Waals surface area contributed by atoms with Gasteiger partial charge in [0.15, 0.2) is 5.78 Å². The molecule has 0 saturated carbocycles. The van der Waals surface area contributed by atoms with Crippen LogP contribution >= 0.6 is 0 Å². The van der Waals surface area contributed by atoms with E-state index in [1.807, 2.05) is 36.0 Å². The molecule has 0 aliphatic heterocycles. The van der Waals surface area contributed by atoms with E-state index in [0.29, 0.717) is 24.2 Å². The van der Waals surface area contributed by atoms with E-state index in [4.69, 9.17) is 0 Å². The van der Waals surface area contributed by atoms with Crippen LogP contribution in [0.3, 0.4) is 0 Å². The molecule has 0 saturated heterocycles. The molecule has 0 unspecified atom stereocenters. The number of Topliss-reactive ketones (excluding diaryl/α,β-unsaturated/α-hetero) is 1. The van der Waals surface area contributed by atoms with Crippen LogP contribution in [0.2, 0.25) is 0 Å². The third-order valence-electron chi connectivity index (χ3n) is 3.97. The number of benzene rings is 2. The molecular weight excluding hydrogens is 302 g/mol. The highest BCUT2D eigenvalue weighted by molar-refractivity contribution is 5.97. The number of carbonyl (C=O) groups excluding carboxylic acids is 2. The van der Waals surface area contributed by atoms with Crippen LogP contribution in [-0.4, -0.2) is 21.5 Å². The molecule has 0 bridgehead atoms. The standard InChI is InChI=1S/C19H19N3O2/c1-13-5-3-7-16-12-20-22(19(13)16)10-9-18(24)21-17-8-4-6-15(11-17)14(2)23/h3-8,11-12H,9-10H2,1-2H3,(H,21,24). The molecule has 1 aromatic heterocycles. The first-order valence-electron chi connectivity index (χ1n) is 7.86. The fourth-order valence-electron chi connectivity index (χ4n) is 2.74. The van der Waals surface area contributed by atoms with Crippen LogP contribution in [0.15, 0.2) is 48.7 Å². The second-order valence-electron chi connectivity index (χ2n) is 5.82. The summed E-state index contributed by atoms with van der Waals surface area (Å²) in [5.41, 5.74) is 3.42. The Bertz CT molecular complexity index is 912. The van der Waals surface area contributed by atoms with Gasteiger partial charge in [0.2, 0.25) is 5.91 Å². The zero-order chi connectivity index (χ0) is 17.1. The summed E-state index contributed by atoms with van der Waals surface area (Å²) < 4.78 is 1.86. The molecule has 24 heavy (non-hydrogen) atoms. The fraction of sp³-hybridized carbons (Fsp3) is 0.211. The molecule has 2 aromatic carbocycles. The van der Waals surface area contributed by atoms with E-state index in [2.05, 4.69) is 10.4 Å². The van der Waals surface area contributed by atoms with Crippen molar-refractivity contribution in [3.8, 4) is 0 Å². The number of nitrogens with zero attached hydrogens (tertiary/aromatic N) is 2. The van der Waals surface area contributed by atoms with Crippen LogP contribution in [0.4, 0.5) is 5.69 Å². The summed E-state index contributed by atoms with van der Waals surface area (Å²) in [4.78, 5) is 23.6. The van der Waals surface area contributed by atoms with Crippen molar-refractivity contribution >= 4 is 28.3 Å². The zero-order valence-electron chi connectivity index (χ0n) is 13.7. The minimum absolute atomic E-state index is 0.0235. The summed E-state index contributed by atoms with van der Waals surface area (Å²) in [6, 6.07) is 13.0. The van der Waals surface area contributed by atoms with Crippen molar-refractivity contribution in [2.75, 3.05) is 5.32 Å². The number of ketones is 1. The lowest BCUT2D eigenvalue weighted by Crippen LogP contribution is -2.15. The predicted octanol–water partition coefficient (Wildman–Crippen LogP) is 3.58. The molecule has 1 N–H and O–H groups in total. The topological polar surface area (TPSA) is 64.0 Å². The van der Waals surface area contributed by atoms with Gasteiger partial charge in [-0.3, -0.25) is 14.3 Å². The van der Waals surface area contributed by atoms with E-state index < -0.39 is 0 Å². The van der Waals surface area contributed by atoms with E-state index in [9.17, 15) is 9.59 Å². The number of rotatable bonds is 5. The van der Waals surface area contributed by atoms with Gasteiger partial charge in [-0.25, -0.2) is 0 Å². The second-order valence-corrected chi connectivity index (χ2v) is 5.82. The monoisotopic (exact) mass is 321 g/mol. The molecule has 0 aliphatic carbocycles. The Morgan fingerprint density at radius 1 is 1.17 bits per heavy atom. The summed E-state index contributed by atoms with van der Waals surface area (Å²) in [6.07, 6.45) is 2.13. The van der Waals surface area contributed by atoms with E-state index in [1.54, 1.807) is 24.3 Å². The van der Waals surface area contributed by atoms with E-state index >= 15 is 0 Å². The first kappa shape index (κ1) is 15.9. The molecule has 0 aliphatic rings. The maximum absolute atomic E-state index is 12.2. The van der Waals surface area contributed by atoms with E-state index in [1.165, 1.54) is 6.92 Å². The maximum Gasteiger partial charge on any atom is 0.226 e. The molecular formula is C19H19N3O2. The number of aromatic nitrogens is 2. The highest BCUT2D eigenvalue weighted by atomic mass is 16.1. The summed E-state index contributed by atoms with van der Waals surface area (Å²) in [6.45, 7) is 4.05. The Morgan fingerprint density at radius 2 is 1.96 bits per heavy atom. The van der Waals surface area contributed by atoms with Crippen molar-refractivity contribution in [2.45, 2.75) is 26.8 Å². The first-order chi connectivity index (χ1) is 11.5. The van der Waals surface area contributed by atoms with Crippen molar-refractivity contribution in [3.63, 3.8) is 0 Å². The lowest BCUT2D eigenvalue weighted by atomic mass is 10.1. The summed E-state index contributed by atoms with van der Waals surface area (Å²) in [7, 11) is 0. The number of fused-ring (bicyclic) bond motifs is 1. The molecule has 3 rings (SSSR count). The Kier molecular flexibility index (Phi) is 4.42. The van der Waals surface area contributed by atoms with Crippen LogP contribution in [0, 0.1) is 6.92 Å². The van der Waals surface area contributed by atoms with Gasteiger partial charge in [-0.05, 0) is 31.5 Å². The molecule has 122 valence electrons. The van der Waals surface area contributed by atoms with Gasteiger partial charge in [0.25, 0.3) is 0 Å². The highest BCUT2D eigenvalue weighted by Crippen LogP contribution is 2.18. The number of hydrogen-bond acceptors (Lipinski definition) is 3. The molecule has 1 heterocycles. The van der Waals surface area contributed by atoms with E-state index in [0.717, 1.165) is 16.5 Å². The van der Waals surface area contributed by atoms with Gasteiger partial charge < -0.3 is 5.32 Å². The van der Waals surface area contributed by atoms with Crippen LogP contribution in [0.1, 0.15) is 29.3 Å². The van der Waals surface area contributed by atoms with Crippen LogP contribution in [0.25, 0.3) is 10.9 Å². The Morgan fingerprint density at radius 3 is 2.75 bits per heavy atom. The molecule has 0 radical (unpaired) electrons. The lowest BCUT2D eigenvalue weighted by Gasteiger charge is -2.08. The van der Waals surface area contributed by atoms with E-state index in [-0.39, 0.29) is 11.7 Å². The molecule has 0 fully saturated rings. The van der Waals surface area contributed by atoms with Crippen molar-refractivity contribution in [1.82, 2.24) is 9.78 Å². The largest absolute Gasteiger partial charge is 0.326 e. The number of carbonyl (C=O) groups is 2. The molecule has 5 nitrogen and oxygen atoms in total. The van der Waals surface area contributed by atoms with Gasteiger partial charge in [0.1, 0.15) is 0 Å². The molecule has 3 aromatic rings. The van der Waals surface area contributed by atoms with Gasteiger partial charge in [0, 0.05) is 23.1 Å². The summed E-state index contributed by atoms with van der Waals surface area (Å²) in [5.74, 6) is -0.127. The molecule has 0 spiro atoms. The molecule has 5 heteroatoms. The highest BCUT2D eigenvalue weighted by Gasteiger charge is 2.09. The Labute approximate surface area is 140 Å². The smallest absolute Gasteiger partial charge is 0.226 e. The van der Waals surface area contributed by atoms with Crippen LogP contribution < -0.4 is 5.32 Å². The number of para-hydroxylation sites is 1. The van der Waals surface area contributed by atoms with Gasteiger partial charge in [0.05, 0.1) is 18.3 Å². The molecule has 0 atom stereocenters. The Hall–Kier alpha value is -2.95. The number of anilines is 1. The van der Waals surface area contributed by atoms with Gasteiger partial charge in [-0.2, -0.15) is 5.10 Å². The second kappa shape index (κ2) is 6.66.